The molecule has 22 heavy (non-hydrogen) atoms. The molecule has 2 aromatic heterocycles. The SMILES string of the molecule is Cc1ccccc1-n1c(N)cc(=O)n(Cc2ccoc2)c1=O. The Balaban J connectivity index is 2.22. The maximum atomic E-state index is 12.7. The molecule has 2 heterocycles. The summed E-state index contributed by atoms with van der Waals surface area (Å²) in [4.78, 5) is 24.8. The number of aryl methyl sites for hydroxylation is 1. The van der Waals surface area contributed by atoms with Crippen molar-refractivity contribution in [1.29, 1.82) is 0 Å². The summed E-state index contributed by atoms with van der Waals surface area (Å²) in [5.41, 5.74) is 7.28. The van der Waals surface area contributed by atoms with Gasteiger partial charge in [-0.05, 0) is 24.6 Å². The van der Waals surface area contributed by atoms with E-state index in [2.05, 4.69) is 0 Å². The van der Waals surface area contributed by atoms with E-state index in [-0.39, 0.29) is 12.4 Å². The van der Waals surface area contributed by atoms with Crippen molar-refractivity contribution in [1.82, 2.24) is 9.13 Å². The Labute approximate surface area is 126 Å². The molecule has 0 spiro atoms. The molecule has 0 unspecified atom stereocenters. The molecule has 1 aromatic carbocycles. The van der Waals surface area contributed by atoms with Gasteiger partial charge in [0.05, 0.1) is 24.8 Å². The minimum Gasteiger partial charge on any atom is -0.472 e. The third-order valence-corrected chi connectivity index (χ3v) is 3.49. The second-order valence-electron chi connectivity index (χ2n) is 5.03. The molecule has 0 atom stereocenters. The number of nitrogens with zero attached hydrogens (tertiary/aromatic N) is 2. The highest BCUT2D eigenvalue weighted by molar-refractivity contribution is 5.46. The van der Waals surface area contributed by atoms with Crippen LogP contribution in [0.4, 0.5) is 5.82 Å². The Hall–Kier alpha value is -3.02. The molecule has 0 saturated carbocycles. The normalized spacial score (nSPS) is 10.8. The zero-order valence-corrected chi connectivity index (χ0v) is 12.0. The molecule has 0 aliphatic carbocycles. The summed E-state index contributed by atoms with van der Waals surface area (Å²) in [6.07, 6.45) is 3.00. The van der Waals surface area contributed by atoms with Crippen molar-refractivity contribution in [2.75, 3.05) is 5.73 Å². The van der Waals surface area contributed by atoms with Crippen LogP contribution in [-0.4, -0.2) is 9.13 Å². The Morgan fingerprint density at radius 3 is 2.64 bits per heavy atom. The van der Waals surface area contributed by atoms with Gasteiger partial charge in [0.25, 0.3) is 5.56 Å². The topological polar surface area (TPSA) is 83.2 Å². The Kier molecular flexibility index (Phi) is 3.42. The van der Waals surface area contributed by atoms with Crippen LogP contribution in [0, 0.1) is 6.92 Å². The zero-order chi connectivity index (χ0) is 15.7. The van der Waals surface area contributed by atoms with Crippen molar-refractivity contribution in [3.05, 3.63) is 80.9 Å². The lowest BCUT2D eigenvalue weighted by Crippen LogP contribution is -2.40. The predicted octanol–water partition coefficient (Wildman–Crippen LogP) is 1.53. The molecule has 0 amide bonds. The Bertz CT molecular complexity index is 921. The van der Waals surface area contributed by atoms with Crippen molar-refractivity contribution in [3.8, 4) is 5.69 Å². The molecule has 3 aromatic rings. The number of hydrogen-bond acceptors (Lipinski definition) is 4. The van der Waals surface area contributed by atoms with Crippen LogP contribution in [0.5, 0.6) is 0 Å². The number of anilines is 1. The van der Waals surface area contributed by atoms with Crippen molar-refractivity contribution in [2.45, 2.75) is 13.5 Å². The van der Waals surface area contributed by atoms with Gasteiger partial charge in [0.1, 0.15) is 5.82 Å². The molecular weight excluding hydrogens is 282 g/mol. The van der Waals surface area contributed by atoms with Crippen LogP contribution >= 0.6 is 0 Å². The highest BCUT2D eigenvalue weighted by Gasteiger charge is 2.13. The predicted molar refractivity (Wildman–Crippen MR) is 83.3 cm³/mol. The lowest BCUT2D eigenvalue weighted by Gasteiger charge is -2.14. The first-order valence-corrected chi connectivity index (χ1v) is 6.77. The first kappa shape index (κ1) is 13.9. The molecule has 0 aliphatic rings. The minimum absolute atomic E-state index is 0.118. The molecule has 6 nitrogen and oxygen atoms in total. The minimum atomic E-state index is -0.472. The van der Waals surface area contributed by atoms with E-state index in [4.69, 9.17) is 10.2 Å². The van der Waals surface area contributed by atoms with Crippen LogP contribution in [0.15, 0.2) is 62.9 Å². The van der Waals surface area contributed by atoms with E-state index < -0.39 is 11.2 Å². The van der Waals surface area contributed by atoms with Crippen LogP contribution in [0.25, 0.3) is 5.69 Å². The van der Waals surface area contributed by atoms with Gasteiger partial charge in [-0.3, -0.25) is 9.36 Å². The summed E-state index contributed by atoms with van der Waals surface area (Å²) in [5, 5.41) is 0. The summed E-state index contributed by atoms with van der Waals surface area (Å²) < 4.78 is 7.45. The van der Waals surface area contributed by atoms with Crippen molar-refractivity contribution in [2.24, 2.45) is 0 Å². The standard InChI is InChI=1S/C16H15N3O3/c1-11-4-2-3-5-13(11)19-14(17)8-15(20)18(16(19)21)9-12-6-7-22-10-12/h2-8,10H,9,17H2,1H3. The highest BCUT2D eigenvalue weighted by atomic mass is 16.3. The van der Waals surface area contributed by atoms with Crippen LogP contribution in [0.2, 0.25) is 0 Å². The van der Waals surface area contributed by atoms with E-state index in [9.17, 15) is 9.59 Å². The Morgan fingerprint density at radius 1 is 1.18 bits per heavy atom. The second-order valence-corrected chi connectivity index (χ2v) is 5.03. The molecular formula is C16H15N3O3. The van der Waals surface area contributed by atoms with Crippen molar-refractivity contribution >= 4 is 5.82 Å². The summed E-state index contributed by atoms with van der Waals surface area (Å²) in [6.45, 7) is 2.02. The van der Waals surface area contributed by atoms with Gasteiger partial charge in [-0.25, -0.2) is 9.36 Å². The highest BCUT2D eigenvalue weighted by Crippen LogP contribution is 2.14. The van der Waals surface area contributed by atoms with Gasteiger partial charge >= 0.3 is 5.69 Å². The number of nitrogen functional groups attached to an aromatic ring is 1. The van der Waals surface area contributed by atoms with Gasteiger partial charge < -0.3 is 10.2 Å². The van der Waals surface area contributed by atoms with E-state index in [1.165, 1.54) is 23.2 Å². The van der Waals surface area contributed by atoms with Gasteiger partial charge in [0, 0.05) is 11.6 Å². The molecule has 0 fully saturated rings. The van der Waals surface area contributed by atoms with Crippen molar-refractivity contribution < 1.29 is 4.42 Å². The van der Waals surface area contributed by atoms with Gasteiger partial charge in [-0.1, -0.05) is 18.2 Å². The second kappa shape index (κ2) is 5.40. The Morgan fingerprint density at radius 2 is 1.95 bits per heavy atom. The van der Waals surface area contributed by atoms with E-state index in [1.807, 2.05) is 25.1 Å². The molecule has 3 rings (SSSR count). The van der Waals surface area contributed by atoms with E-state index in [1.54, 1.807) is 12.1 Å². The fourth-order valence-corrected chi connectivity index (χ4v) is 2.36. The quantitative estimate of drug-likeness (QED) is 0.794. The van der Waals surface area contributed by atoms with Crippen LogP contribution in [-0.2, 0) is 6.54 Å². The average Bonchev–Trinajstić information content (AvgIpc) is 2.98. The van der Waals surface area contributed by atoms with Crippen molar-refractivity contribution in [3.63, 3.8) is 0 Å². The summed E-state index contributed by atoms with van der Waals surface area (Å²) in [7, 11) is 0. The molecule has 112 valence electrons. The number of rotatable bonds is 3. The monoisotopic (exact) mass is 297 g/mol. The van der Waals surface area contributed by atoms with Crippen LogP contribution in [0.1, 0.15) is 11.1 Å². The third kappa shape index (κ3) is 2.35. The molecule has 0 saturated heterocycles. The van der Waals surface area contributed by atoms with Gasteiger partial charge in [0.2, 0.25) is 0 Å². The van der Waals surface area contributed by atoms with Gasteiger partial charge in [-0.15, -0.1) is 0 Å². The molecule has 0 bridgehead atoms. The maximum absolute atomic E-state index is 12.7. The third-order valence-electron chi connectivity index (χ3n) is 3.49. The first-order chi connectivity index (χ1) is 10.6. The van der Waals surface area contributed by atoms with Gasteiger partial charge in [-0.2, -0.15) is 0 Å². The number of benzene rings is 1. The molecule has 0 aliphatic heterocycles. The zero-order valence-electron chi connectivity index (χ0n) is 12.0. The van der Waals surface area contributed by atoms with Crippen LogP contribution in [0.3, 0.4) is 0 Å². The van der Waals surface area contributed by atoms with Gasteiger partial charge in [0.15, 0.2) is 0 Å². The fraction of sp³-hybridized carbons (Fsp3) is 0.125. The average molecular weight is 297 g/mol. The number of hydrogen-bond donors (Lipinski definition) is 1. The number of para-hydroxylation sites is 1. The lowest BCUT2D eigenvalue weighted by molar-refractivity contribution is 0.560. The van der Waals surface area contributed by atoms with E-state index >= 15 is 0 Å². The molecule has 2 N–H and O–H groups in total. The first-order valence-electron chi connectivity index (χ1n) is 6.77. The fourth-order valence-electron chi connectivity index (χ4n) is 2.36. The number of nitrogens with two attached hydrogens (primary N) is 1. The van der Waals surface area contributed by atoms with Crippen LogP contribution < -0.4 is 17.0 Å². The number of furan rings is 1. The summed E-state index contributed by atoms with van der Waals surface area (Å²) in [5.74, 6) is 0.118. The maximum Gasteiger partial charge on any atom is 0.337 e. The lowest BCUT2D eigenvalue weighted by atomic mass is 10.2. The summed E-state index contributed by atoms with van der Waals surface area (Å²) in [6, 6.07) is 10.3. The largest absolute Gasteiger partial charge is 0.472 e. The molecule has 6 heteroatoms. The smallest absolute Gasteiger partial charge is 0.337 e. The van der Waals surface area contributed by atoms with E-state index in [0.717, 1.165) is 15.7 Å². The van der Waals surface area contributed by atoms with E-state index in [0.29, 0.717) is 5.69 Å². The summed E-state index contributed by atoms with van der Waals surface area (Å²) >= 11 is 0. The molecule has 0 radical (unpaired) electrons. The number of aromatic nitrogens is 2.